The quantitative estimate of drug-likeness (QED) is 0.412. The number of aromatic nitrogens is 1. The fraction of sp³-hybridized carbons (Fsp3) is 0.333. The largest absolute Gasteiger partial charge is 0.496 e. The van der Waals surface area contributed by atoms with E-state index in [9.17, 15) is 0 Å². The molecular formula is C18H25IN4O. The minimum Gasteiger partial charge on any atom is -0.496 e. The summed E-state index contributed by atoms with van der Waals surface area (Å²) in [6, 6.07) is 12.1. The van der Waals surface area contributed by atoms with Gasteiger partial charge in [0.1, 0.15) is 5.75 Å². The number of aliphatic imine (C=N–C) groups is 1. The Morgan fingerprint density at radius 1 is 1.21 bits per heavy atom. The topological polar surface area (TPSA) is 58.5 Å². The SMILES string of the molecule is CN=C(NCCc1ccccn1)NCc1ccc(C)cc1OC.I. The van der Waals surface area contributed by atoms with Crippen LogP contribution in [0.2, 0.25) is 0 Å². The summed E-state index contributed by atoms with van der Waals surface area (Å²) in [5.41, 5.74) is 3.35. The molecule has 1 aromatic heterocycles. The van der Waals surface area contributed by atoms with Crippen molar-refractivity contribution in [2.45, 2.75) is 19.9 Å². The van der Waals surface area contributed by atoms with Gasteiger partial charge in [0.25, 0.3) is 0 Å². The average Bonchev–Trinajstić information content (AvgIpc) is 2.59. The summed E-state index contributed by atoms with van der Waals surface area (Å²) in [6.07, 6.45) is 2.67. The molecule has 0 saturated heterocycles. The summed E-state index contributed by atoms with van der Waals surface area (Å²) in [5, 5.41) is 6.60. The van der Waals surface area contributed by atoms with Crippen molar-refractivity contribution in [1.82, 2.24) is 15.6 Å². The molecule has 2 aromatic rings. The molecule has 0 amide bonds. The van der Waals surface area contributed by atoms with Gasteiger partial charge in [-0.1, -0.05) is 18.2 Å². The Balaban J connectivity index is 0.00000288. The molecule has 0 spiro atoms. The van der Waals surface area contributed by atoms with Crippen LogP contribution < -0.4 is 15.4 Å². The van der Waals surface area contributed by atoms with Crippen molar-refractivity contribution in [3.05, 3.63) is 59.4 Å². The van der Waals surface area contributed by atoms with Crippen LogP contribution in [0.15, 0.2) is 47.6 Å². The normalized spacial score (nSPS) is 10.7. The highest BCUT2D eigenvalue weighted by molar-refractivity contribution is 14.0. The second-order valence-electron chi connectivity index (χ2n) is 5.24. The molecule has 0 aliphatic rings. The van der Waals surface area contributed by atoms with Gasteiger partial charge >= 0.3 is 0 Å². The summed E-state index contributed by atoms with van der Waals surface area (Å²) in [4.78, 5) is 8.55. The maximum absolute atomic E-state index is 5.42. The molecule has 130 valence electrons. The van der Waals surface area contributed by atoms with Gasteiger partial charge in [0.2, 0.25) is 0 Å². The predicted octanol–water partition coefficient (Wildman–Crippen LogP) is 2.92. The molecule has 5 nitrogen and oxygen atoms in total. The minimum absolute atomic E-state index is 0. The maximum Gasteiger partial charge on any atom is 0.191 e. The molecule has 24 heavy (non-hydrogen) atoms. The van der Waals surface area contributed by atoms with E-state index < -0.39 is 0 Å². The van der Waals surface area contributed by atoms with Crippen molar-refractivity contribution in [1.29, 1.82) is 0 Å². The Kier molecular flexibility index (Phi) is 9.14. The number of hydrogen-bond acceptors (Lipinski definition) is 3. The number of ether oxygens (including phenoxy) is 1. The van der Waals surface area contributed by atoms with Crippen LogP contribution >= 0.6 is 24.0 Å². The van der Waals surface area contributed by atoms with Crippen molar-refractivity contribution in [2.24, 2.45) is 4.99 Å². The van der Waals surface area contributed by atoms with E-state index in [1.807, 2.05) is 30.5 Å². The molecule has 0 radical (unpaired) electrons. The van der Waals surface area contributed by atoms with Crippen LogP contribution in [-0.2, 0) is 13.0 Å². The molecule has 0 fully saturated rings. The van der Waals surface area contributed by atoms with Gasteiger partial charge in [0.05, 0.1) is 7.11 Å². The fourth-order valence-electron chi connectivity index (χ4n) is 2.25. The number of methoxy groups -OCH3 is 1. The highest BCUT2D eigenvalue weighted by Crippen LogP contribution is 2.19. The number of guanidine groups is 1. The third-order valence-corrected chi connectivity index (χ3v) is 3.51. The third kappa shape index (κ3) is 6.35. The molecule has 0 bridgehead atoms. The summed E-state index contributed by atoms with van der Waals surface area (Å²) in [5.74, 6) is 1.66. The zero-order chi connectivity index (χ0) is 16.5. The summed E-state index contributed by atoms with van der Waals surface area (Å²) < 4.78 is 5.42. The Hall–Kier alpha value is -1.83. The van der Waals surface area contributed by atoms with Gasteiger partial charge in [-0.2, -0.15) is 0 Å². The van der Waals surface area contributed by atoms with Crippen molar-refractivity contribution in [3.8, 4) is 5.75 Å². The summed E-state index contributed by atoms with van der Waals surface area (Å²) >= 11 is 0. The van der Waals surface area contributed by atoms with Crippen molar-refractivity contribution in [3.63, 3.8) is 0 Å². The van der Waals surface area contributed by atoms with Gasteiger partial charge in [0, 0.05) is 44.0 Å². The zero-order valence-corrected chi connectivity index (χ0v) is 16.7. The monoisotopic (exact) mass is 440 g/mol. The van der Waals surface area contributed by atoms with Gasteiger partial charge in [-0.15, -0.1) is 24.0 Å². The first-order valence-corrected chi connectivity index (χ1v) is 7.71. The first kappa shape index (κ1) is 20.2. The lowest BCUT2D eigenvalue weighted by Gasteiger charge is -2.14. The van der Waals surface area contributed by atoms with Crippen LogP contribution in [0.1, 0.15) is 16.8 Å². The zero-order valence-electron chi connectivity index (χ0n) is 14.4. The molecule has 1 heterocycles. The van der Waals surface area contributed by atoms with E-state index in [1.165, 1.54) is 5.56 Å². The van der Waals surface area contributed by atoms with Crippen LogP contribution in [0.4, 0.5) is 0 Å². The van der Waals surface area contributed by atoms with Crippen molar-refractivity contribution >= 4 is 29.9 Å². The Labute approximate surface area is 161 Å². The summed E-state index contributed by atoms with van der Waals surface area (Å²) in [7, 11) is 3.46. The van der Waals surface area contributed by atoms with Gasteiger partial charge in [0.15, 0.2) is 5.96 Å². The van der Waals surface area contributed by atoms with Gasteiger partial charge in [-0.25, -0.2) is 0 Å². The first-order valence-electron chi connectivity index (χ1n) is 7.71. The van der Waals surface area contributed by atoms with E-state index in [-0.39, 0.29) is 24.0 Å². The molecule has 0 saturated carbocycles. The van der Waals surface area contributed by atoms with Crippen molar-refractivity contribution in [2.75, 3.05) is 20.7 Å². The van der Waals surface area contributed by atoms with E-state index in [1.54, 1.807) is 14.2 Å². The Morgan fingerprint density at radius 2 is 2.04 bits per heavy atom. The molecule has 0 unspecified atom stereocenters. The molecule has 0 aliphatic carbocycles. The number of benzene rings is 1. The number of hydrogen-bond donors (Lipinski definition) is 2. The molecule has 2 rings (SSSR count). The molecule has 6 heteroatoms. The van der Waals surface area contributed by atoms with Gasteiger partial charge in [-0.3, -0.25) is 9.98 Å². The Bertz CT molecular complexity index is 647. The van der Waals surface area contributed by atoms with Gasteiger partial charge < -0.3 is 15.4 Å². The highest BCUT2D eigenvalue weighted by Gasteiger charge is 2.04. The number of nitrogens with one attached hydrogen (secondary N) is 2. The van der Waals surface area contributed by atoms with Crippen LogP contribution in [0.3, 0.4) is 0 Å². The minimum atomic E-state index is 0. The summed E-state index contributed by atoms with van der Waals surface area (Å²) in [6.45, 7) is 3.49. The predicted molar refractivity (Wildman–Crippen MR) is 109 cm³/mol. The standard InChI is InChI=1S/C18H24N4O.HI/c1-14-7-8-15(17(12-14)23-3)13-22-18(19-2)21-11-9-16-6-4-5-10-20-16;/h4-8,10,12H,9,11,13H2,1-3H3,(H2,19,21,22);1H. The number of nitrogens with zero attached hydrogens (tertiary/aromatic N) is 2. The lowest BCUT2D eigenvalue weighted by molar-refractivity contribution is 0.408. The maximum atomic E-state index is 5.42. The van der Waals surface area contributed by atoms with E-state index in [4.69, 9.17) is 4.74 Å². The smallest absolute Gasteiger partial charge is 0.191 e. The van der Waals surface area contributed by atoms with Crippen LogP contribution in [0, 0.1) is 6.92 Å². The molecule has 2 N–H and O–H groups in total. The number of rotatable bonds is 6. The molecule has 0 aliphatic heterocycles. The van der Waals surface area contributed by atoms with Crippen LogP contribution in [0.5, 0.6) is 5.75 Å². The molecule has 1 aromatic carbocycles. The second kappa shape index (κ2) is 10.9. The molecule has 0 atom stereocenters. The molecular weight excluding hydrogens is 415 g/mol. The van der Waals surface area contributed by atoms with Crippen molar-refractivity contribution < 1.29 is 4.74 Å². The highest BCUT2D eigenvalue weighted by atomic mass is 127. The number of pyridine rings is 1. The van der Waals surface area contributed by atoms with E-state index >= 15 is 0 Å². The second-order valence-corrected chi connectivity index (χ2v) is 5.24. The first-order chi connectivity index (χ1) is 11.2. The fourth-order valence-corrected chi connectivity index (χ4v) is 2.25. The lowest BCUT2D eigenvalue weighted by atomic mass is 10.1. The van der Waals surface area contributed by atoms with Crippen LogP contribution in [-0.4, -0.2) is 31.6 Å². The Morgan fingerprint density at radius 3 is 2.71 bits per heavy atom. The lowest BCUT2D eigenvalue weighted by Crippen LogP contribution is -2.38. The average molecular weight is 440 g/mol. The number of aryl methyl sites for hydroxylation is 1. The van der Waals surface area contributed by atoms with E-state index in [0.717, 1.165) is 35.9 Å². The van der Waals surface area contributed by atoms with E-state index in [2.05, 4.69) is 39.7 Å². The van der Waals surface area contributed by atoms with E-state index in [0.29, 0.717) is 6.54 Å². The van der Waals surface area contributed by atoms with Gasteiger partial charge in [-0.05, 0) is 30.7 Å². The number of halogens is 1. The third-order valence-electron chi connectivity index (χ3n) is 3.51. The van der Waals surface area contributed by atoms with Crippen LogP contribution in [0.25, 0.3) is 0 Å².